The Hall–Kier alpha value is -1.10. The van der Waals surface area contributed by atoms with Gasteiger partial charge in [-0.1, -0.05) is 12.8 Å². The predicted molar refractivity (Wildman–Crippen MR) is 74.0 cm³/mol. The van der Waals surface area contributed by atoms with E-state index in [9.17, 15) is 9.59 Å². The fourth-order valence-electron chi connectivity index (χ4n) is 2.34. The number of nitrogens with zero attached hydrogens (tertiary/aromatic N) is 1. The Morgan fingerprint density at radius 3 is 2.37 bits per heavy atom. The van der Waals surface area contributed by atoms with Gasteiger partial charge in [0.05, 0.1) is 0 Å². The molecule has 0 aromatic heterocycles. The van der Waals surface area contributed by atoms with Crippen LogP contribution in [0.2, 0.25) is 0 Å². The van der Waals surface area contributed by atoms with Gasteiger partial charge in [-0.05, 0) is 38.8 Å². The van der Waals surface area contributed by atoms with Crippen molar-refractivity contribution in [2.24, 2.45) is 0 Å². The van der Waals surface area contributed by atoms with Gasteiger partial charge in [-0.3, -0.25) is 9.59 Å². The Balaban J connectivity index is 1.85. The monoisotopic (exact) mass is 270 g/mol. The SMILES string of the molecule is O=C(O)CCCCCCNC(=O)CCN1CCCC1. The van der Waals surface area contributed by atoms with Crippen LogP contribution in [-0.2, 0) is 9.59 Å². The van der Waals surface area contributed by atoms with Crippen LogP contribution in [0.5, 0.6) is 0 Å². The summed E-state index contributed by atoms with van der Waals surface area (Å²) in [5.41, 5.74) is 0. The lowest BCUT2D eigenvalue weighted by Crippen LogP contribution is -2.29. The third-order valence-corrected chi connectivity index (χ3v) is 3.49. The van der Waals surface area contributed by atoms with Crippen LogP contribution < -0.4 is 5.32 Å². The molecule has 1 heterocycles. The summed E-state index contributed by atoms with van der Waals surface area (Å²) in [7, 11) is 0. The molecule has 1 amide bonds. The van der Waals surface area contributed by atoms with E-state index in [1.807, 2.05) is 0 Å². The summed E-state index contributed by atoms with van der Waals surface area (Å²) >= 11 is 0. The molecule has 1 aliphatic rings. The van der Waals surface area contributed by atoms with Gasteiger partial charge in [-0.2, -0.15) is 0 Å². The first-order chi connectivity index (χ1) is 9.18. The van der Waals surface area contributed by atoms with Crippen LogP contribution in [0.1, 0.15) is 51.4 Å². The van der Waals surface area contributed by atoms with Crippen molar-refractivity contribution < 1.29 is 14.7 Å². The maximum Gasteiger partial charge on any atom is 0.303 e. The van der Waals surface area contributed by atoms with Crippen molar-refractivity contribution in [1.29, 1.82) is 0 Å². The zero-order valence-corrected chi connectivity index (χ0v) is 11.7. The average molecular weight is 270 g/mol. The number of unbranched alkanes of at least 4 members (excludes halogenated alkanes) is 3. The lowest BCUT2D eigenvalue weighted by molar-refractivity contribution is -0.137. The van der Waals surface area contributed by atoms with Gasteiger partial charge in [0.15, 0.2) is 0 Å². The number of carboxylic acid groups (broad SMARTS) is 1. The molecule has 0 bridgehead atoms. The number of carboxylic acids is 1. The van der Waals surface area contributed by atoms with Crippen molar-refractivity contribution in [3.05, 3.63) is 0 Å². The van der Waals surface area contributed by atoms with Crippen molar-refractivity contribution in [3.63, 3.8) is 0 Å². The molecule has 0 aliphatic carbocycles. The summed E-state index contributed by atoms with van der Waals surface area (Å²) in [6, 6.07) is 0. The van der Waals surface area contributed by atoms with Crippen LogP contribution in [0.4, 0.5) is 0 Å². The first kappa shape index (κ1) is 16.0. The standard InChI is InChI=1S/C14H26N2O3/c17-13(8-12-16-10-5-6-11-16)15-9-4-2-1-3-7-14(18)19/h1-12H2,(H,15,17)(H,18,19). The fraction of sp³-hybridized carbons (Fsp3) is 0.857. The molecular formula is C14H26N2O3. The molecule has 0 saturated carbocycles. The van der Waals surface area contributed by atoms with Crippen LogP contribution >= 0.6 is 0 Å². The molecule has 1 saturated heterocycles. The Kier molecular flexibility index (Phi) is 8.21. The van der Waals surface area contributed by atoms with E-state index in [1.165, 1.54) is 12.8 Å². The smallest absolute Gasteiger partial charge is 0.303 e. The molecule has 1 aliphatic heterocycles. The summed E-state index contributed by atoms with van der Waals surface area (Å²) < 4.78 is 0. The van der Waals surface area contributed by atoms with E-state index in [1.54, 1.807) is 0 Å². The topological polar surface area (TPSA) is 69.6 Å². The minimum atomic E-state index is -0.727. The van der Waals surface area contributed by atoms with Gasteiger partial charge in [-0.15, -0.1) is 0 Å². The van der Waals surface area contributed by atoms with E-state index in [-0.39, 0.29) is 12.3 Å². The van der Waals surface area contributed by atoms with Crippen molar-refractivity contribution in [3.8, 4) is 0 Å². The summed E-state index contributed by atoms with van der Waals surface area (Å²) in [6.07, 6.45) is 6.96. The highest BCUT2D eigenvalue weighted by atomic mass is 16.4. The summed E-state index contributed by atoms with van der Waals surface area (Å²) in [5.74, 6) is -0.590. The molecule has 1 fully saturated rings. The minimum Gasteiger partial charge on any atom is -0.481 e. The van der Waals surface area contributed by atoms with E-state index in [0.29, 0.717) is 13.0 Å². The number of aliphatic carboxylic acids is 1. The van der Waals surface area contributed by atoms with Gasteiger partial charge in [0.2, 0.25) is 5.91 Å². The molecule has 2 N–H and O–H groups in total. The molecule has 0 radical (unpaired) electrons. The zero-order chi connectivity index (χ0) is 13.9. The van der Waals surface area contributed by atoms with Crippen LogP contribution in [-0.4, -0.2) is 48.1 Å². The van der Waals surface area contributed by atoms with Crippen molar-refractivity contribution in [2.45, 2.75) is 51.4 Å². The van der Waals surface area contributed by atoms with Gasteiger partial charge >= 0.3 is 5.97 Å². The number of hydrogen-bond donors (Lipinski definition) is 2. The highest BCUT2D eigenvalue weighted by Crippen LogP contribution is 2.07. The maximum absolute atomic E-state index is 11.6. The molecular weight excluding hydrogens is 244 g/mol. The summed E-state index contributed by atoms with van der Waals surface area (Å²) in [6.45, 7) is 3.87. The first-order valence-corrected chi connectivity index (χ1v) is 7.39. The molecule has 19 heavy (non-hydrogen) atoms. The normalized spacial score (nSPS) is 15.6. The Morgan fingerprint density at radius 2 is 1.68 bits per heavy atom. The number of carbonyl (C=O) groups is 2. The van der Waals surface area contributed by atoms with Crippen LogP contribution in [0.25, 0.3) is 0 Å². The highest BCUT2D eigenvalue weighted by molar-refractivity contribution is 5.76. The van der Waals surface area contributed by atoms with Gasteiger partial charge in [0, 0.05) is 25.9 Å². The minimum absolute atomic E-state index is 0.137. The molecule has 0 aromatic carbocycles. The predicted octanol–water partition coefficient (Wildman–Crippen LogP) is 1.62. The number of amides is 1. The molecule has 1 rings (SSSR count). The van der Waals surface area contributed by atoms with E-state index >= 15 is 0 Å². The van der Waals surface area contributed by atoms with Crippen molar-refractivity contribution in [1.82, 2.24) is 10.2 Å². The number of hydrogen-bond acceptors (Lipinski definition) is 3. The Morgan fingerprint density at radius 1 is 1.00 bits per heavy atom. The van der Waals surface area contributed by atoms with Gasteiger partial charge in [0.25, 0.3) is 0 Å². The number of carbonyl (C=O) groups excluding carboxylic acids is 1. The Bertz CT molecular complexity index is 276. The lowest BCUT2D eigenvalue weighted by atomic mass is 10.1. The Labute approximate surface area is 115 Å². The van der Waals surface area contributed by atoms with E-state index in [2.05, 4.69) is 10.2 Å². The van der Waals surface area contributed by atoms with Crippen LogP contribution in [0, 0.1) is 0 Å². The second-order valence-electron chi connectivity index (χ2n) is 5.21. The largest absolute Gasteiger partial charge is 0.481 e. The average Bonchev–Trinajstić information content (AvgIpc) is 2.88. The second-order valence-corrected chi connectivity index (χ2v) is 5.21. The molecule has 0 spiro atoms. The van der Waals surface area contributed by atoms with Crippen LogP contribution in [0.3, 0.4) is 0 Å². The van der Waals surface area contributed by atoms with Crippen LogP contribution in [0.15, 0.2) is 0 Å². The molecule has 0 unspecified atom stereocenters. The quantitative estimate of drug-likeness (QED) is 0.592. The zero-order valence-electron chi connectivity index (χ0n) is 11.7. The third-order valence-electron chi connectivity index (χ3n) is 3.49. The third kappa shape index (κ3) is 8.59. The maximum atomic E-state index is 11.6. The molecule has 5 heteroatoms. The van der Waals surface area contributed by atoms with Gasteiger partial charge < -0.3 is 15.3 Å². The number of likely N-dealkylation sites (tertiary alicyclic amines) is 1. The van der Waals surface area contributed by atoms with Crippen molar-refractivity contribution in [2.75, 3.05) is 26.2 Å². The number of nitrogens with one attached hydrogen (secondary N) is 1. The molecule has 0 atom stereocenters. The fourth-order valence-corrected chi connectivity index (χ4v) is 2.34. The highest BCUT2D eigenvalue weighted by Gasteiger charge is 2.12. The summed E-state index contributed by atoms with van der Waals surface area (Å²) in [4.78, 5) is 24.2. The molecule has 110 valence electrons. The molecule has 5 nitrogen and oxygen atoms in total. The lowest BCUT2D eigenvalue weighted by Gasteiger charge is -2.13. The van der Waals surface area contributed by atoms with E-state index in [4.69, 9.17) is 5.11 Å². The summed E-state index contributed by atoms with van der Waals surface area (Å²) in [5, 5.41) is 11.4. The van der Waals surface area contributed by atoms with Gasteiger partial charge in [-0.25, -0.2) is 0 Å². The first-order valence-electron chi connectivity index (χ1n) is 7.39. The second kappa shape index (κ2) is 9.78. The van der Waals surface area contributed by atoms with Crippen molar-refractivity contribution >= 4 is 11.9 Å². The van der Waals surface area contributed by atoms with E-state index in [0.717, 1.165) is 45.3 Å². The van der Waals surface area contributed by atoms with E-state index < -0.39 is 5.97 Å². The van der Waals surface area contributed by atoms with Gasteiger partial charge in [0.1, 0.15) is 0 Å². The number of rotatable bonds is 10. The molecule has 0 aromatic rings.